The number of carbonyl (C=O) groups is 1. The molecule has 1 saturated carbocycles. The van der Waals surface area contributed by atoms with E-state index in [1.165, 1.54) is 0 Å². The molecule has 1 amide bonds. The Balaban J connectivity index is 1.44. The van der Waals surface area contributed by atoms with Gasteiger partial charge in [-0.15, -0.1) is 0 Å². The molecule has 0 atom stereocenters. The van der Waals surface area contributed by atoms with E-state index in [-0.39, 0.29) is 5.91 Å². The van der Waals surface area contributed by atoms with Crippen LogP contribution in [0.2, 0.25) is 0 Å². The van der Waals surface area contributed by atoms with Gasteiger partial charge in [0.1, 0.15) is 0 Å². The maximum Gasteiger partial charge on any atom is 0.256 e. The second kappa shape index (κ2) is 6.55. The molecule has 146 valence electrons. The van der Waals surface area contributed by atoms with Gasteiger partial charge in [0.15, 0.2) is 5.65 Å². The van der Waals surface area contributed by atoms with Crippen LogP contribution in [0, 0.1) is 13.8 Å². The van der Waals surface area contributed by atoms with E-state index < -0.39 is 0 Å². The molecule has 7 nitrogen and oxygen atoms in total. The molecule has 3 aromatic heterocycles. The van der Waals surface area contributed by atoms with Crippen molar-refractivity contribution in [3.63, 3.8) is 0 Å². The fourth-order valence-corrected chi connectivity index (χ4v) is 3.68. The van der Waals surface area contributed by atoms with Crippen LogP contribution in [-0.2, 0) is 7.05 Å². The Morgan fingerprint density at radius 2 is 1.90 bits per heavy atom. The summed E-state index contributed by atoms with van der Waals surface area (Å²) in [7, 11) is 1.85. The standard InChI is InChI=1S/C22H22N6O/c1-13-10-14(2)28(26-13)17-8-6-16(7-9-17)24-22(29)18-11-20(15-4-5-15)25-21-19(18)12-23-27(21)3/h6-12,15H,4-5H2,1-3H3,(H,24,29). The van der Waals surface area contributed by atoms with Gasteiger partial charge in [-0.25, -0.2) is 9.67 Å². The van der Waals surface area contributed by atoms with Crippen molar-refractivity contribution >= 4 is 22.6 Å². The van der Waals surface area contributed by atoms with E-state index in [1.54, 1.807) is 10.9 Å². The van der Waals surface area contributed by atoms with Crippen molar-refractivity contribution in [2.24, 2.45) is 7.05 Å². The van der Waals surface area contributed by atoms with E-state index in [9.17, 15) is 4.79 Å². The Morgan fingerprint density at radius 3 is 2.55 bits per heavy atom. The largest absolute Gasteiger partial charge is 0.322 e. The minimum absolute atomic E-state index is 0.147. The van der Waals surface area contributed by atoms with Gasteiger partial charge in [0, 0.05) is 30.0 Å². The molecule has 0 bridgehead atoms. The van der Waals surface area contributed by atoms with Crippen LogP contribution in [0.5, 0.6) is 0 Å². The summed E-state index contributed by atoms with van der Waals surface area (Å²) in [6.45, 7) is 4.00. The van der Waals surface area contributed by atoms with Crippen LogP contribution in [0.4, 0.5) is 5.69 Å². The first kappa shape index (κ1) is 17.6. The minimum atomic E-state index is -0.147. The van der Waals surface area contributed by atoms with Gasteiger partial charge in [0.05, 0.1) is 28.5 Å². The van der Waals surface area contributed by atoms with Crippen molar-refractivity contribution < 1.29 is 4.79 Å². The van der Waals surface area contributed by atoms with Crippen LogP contribution in [-0.4, -0.2) is 30.5 Å². The first-order chi connectivity index (χ1) is 14.0. The van der Waals surface area contributed by atoms with E-state index in [4.69, 9.17) is 4.98 Å². The molecule has 1 aliphatic carbocycles. The van der Waals surface area contributed by atoms with Gasteiger partial charge in [-0.2, -0.15) is 10.2 Å². The first-order valence-electron chi connectivity index (χ1n) is 9.77. The highest BCUT2D eigenvalue weighted by Crippen LogP contribution is 2.40. The lowest BCUT2D eigenvalue weighted by molar-refractivity contribution is 0.102. The average molecular weight is 386 g/mol. The maximum absolute atomic E-state index is 13.1. The second-order valence-electron chi connectivity index (χ2n) is 7.71. The molecule has 5 rings (SSSR count). The van der Waals surface area contributed by atoms with Crippen LogP contribution < -0.4 is 5.32 Å². The van der Waals surface area contributed by atoms with Crippen LogP contribution in [0.25, 0.3) is 16.7 Å². The molecule has 3 heterocycles. The average Bonchev–Trinajstić information content (AvgIpc) is 3.42. The Hall–Kier alpha value is -3.48. The lowest BCUT2D eigenvalue weighted by atomic mass is 10.1. The number of anilines is 1. The van der Waals surface area contributed by atoms with E-state index >= 15 is 0 Å². The summed E-state index contributed by atoms with van der Waals surface area (Å²) < 4.78 is 3.62. The molecule has 1 aromatic carbocycles. The summed E-state index contributed by atoms with van der Waals surface area (Å²) >= 11 is 0. The number of hydrogen-bond acceptors (Lipinski definition) is 4. The van der Waals surface area contributed by atoms with E-state index in [0.29, 0.717) is 11.5 Å². The number of fused-ring (bicyclic) bond motifs is 1. The zero-order valence-electron chi connectivity index (χ0n) is 16.7. The van der Waals surface area contributed by atoms with Crippen molar-refractivity contribution in [3.05, 3.63) is 65.2 Å². The molecule has 0 spiro atoms. The van der Waals surface area contributed by atoms with E-state index in [1.807, 2.05) is 62.0 Å². The minimum Gasteiger partial charge on any atom is -0.322 e. The summed E-state index contributed by atoms with van der Waals surface area (Å²) in [5, 5.41) is 12.6. The van der Waals surface area contributed by atoms with Crippen molar-refractivity contribution in [2.75, 3.05) is 5.32 Å². The summed E-state index contributed by atoms with van der Waals surface area (Å²) in [5.74, 6) is 0.312. The summed E-state index contributed by atoms with van der Waals surface area (Å²) in [5.41, 5.74) is 6.09. The van der Waals surface area contributed by atoms with Gasteiger partial charge < -0.3 is 5.32 Å². The predicted molar refractivity (Wildman–Crippen MR) is 111 cm³/mol. The van der Waals surface area contributed by atoms with E-state index in [2.05, 4.69) is 15.5 Å². The van der Waals surface area contributed by atoms with Gasteiger partial charge in [0.25, 0.3) is 5.91 Å². The molecule has 29 heavy (non-hydrogen) atoms. The number of rotatable bonds is 4. The predicted octanol–water partition coefficient (Wildman–Crippen LogP) is 3.90. The quantitative estimate of drug-likeness (QED) is 0.577. The Bertz CT molecular complexity index is 1230. The van der Waals surface area contributed by atoms with Gasteiger partial charge in [-0.3, -0.25) is 9.48 Å². The summed E-state index contributed by atoms with van der Waals surface area (Å²) in [6.07, 6.45) is 3.97. The van der Waals surface area contributed by atoms with Crippen molar-refractivity contribution in [3.8, 4) is 5.69 Å². The highest BCUT2D eigenvalue weighted by Gasteiger charge is 2.27. The smallest absolute Gasteiger partial charge is 0.256 e. The fourth-order valence-electron chi connectivity index (χ4n) is 3.68. The highest BCUT2D eigenvalue weighted by molar-refractivity contribution is 6.12. The van der Waals surface area contributed by atoms with Crippen LogP contribution >= 0.6 is 0 Å². The zero-order valence-corrected chi connectivity index (χ0v) is 16.7. The number of aryl methyl sites for hydroxylation is 3. The highest BCUT2D eigenvalue weighted by atomic mass is 16.1. The number of nitrogens with zero attached hydrogens (tertiary/aromatic N) is 5. The number of nitrogens with one attached hydrogen (secondary N) is 1. The van der Waals surface area contributed by atoms with E-state index in [0.717, 1.165) is 52.3 Å². The Labute approximate surface area is 168 Å². The van der Waals surface area contributed by atoms with Crippen LogP contribution in [0.15, 0.2) is 42.6 Å². The molecule has 0 aliphatic heterocycles. The molecular weight excluding hydrogens is 364 g/mol. The van der Waals surface area contributed by atoms with Gasteiger partial charge in [0.2, 0.25) is 0 Å². The first-order valence-corrected chi connectivity index (χ1v) is 9.77. The van der Waals surface area contributed by atoms with Crippen molar-refractivity contribution in [1.29, 1.82) is 0 Å². The Morgan fingerprint density at radius 1 is 1.14 bits per heavy atom. The number of pyridine rings is 1. The molecule has 0 radical (unpaired) electrons. The fraction of sp³-hybridized carbons (Fsp3) is 0.273. The monoisotopic (exact) mass is 386 g/mol. The normalized spacial score (nSPS) is 13.8. The van der Waals surface area contributed by atoms with Crippen molar-refractivity contribution in [2.45, 2.75) is 32.6 Å². The van der Waals surface area contributed by atoms with Crippen LogP contribution in [0.3, 0.4) is 0 Å². The molecule has 0 saturated heterocycles. The number of benzene rings is 1. The third-order valence-electron chi connectivity index (χ3n) is 5.34. The van der Waals surface area contributed by atoms with Crippen LogP contribution in [0.1, 0.15) is 46.2 Å². The third kappa shape index (κ3) is 3.18. The van der Waals surface area contributed by atoms with Gasteiger partial charge in [-0.1, -0.05) is 0 Å². The van der Waals surface area contributed by atoms with Crippen molar-refractivity contribution in [1.82, 2.24) is 24.5 Å². The molecule has 7 heteroatoms. The topological polar surface area (TPSA) is 77.6 Å². The molecule has 1 fully saturated rings. The van der Waals surface area contributed by atoms with Gasteiger partial charge >= 0.3 is 0 Å². The lowest BCUT2D eigenvalue weighted by Crippen LogP contribution is -2.13. The van der Waals surface area contributed by atoms with Gasteiger partial charge in [-0.05, 0) is 63.1 Å². The zero-order chi connectivity index (χ0) is 20.1. The molecule has 0 unspecified atom stereocenters. The maximum atomic E-state index is 13.1. The number of carbonyl (C=O) groups excluding carboxylic acids is 1. The number of hydrogen-bond donors (Lipinski definition) is 1. The lowest BCUT2D eigenvalue weighted by Gasteiger charge is -2.10. The molecule has 4 aromatic rings. The third-order valence-corrected chi connectivity index (χ3v) is 5.34. The Kier molecular flexibility index (Phi) is 3.97. The number of aromatic nitrogens is 5. The molecule has 1 N–H and O–H groups in total. The summed E-state index contributed by atoms with van der Waals surface area (Å²) in [6, 6.07) is 11.7. The summed E-state index contributed by atoms with van der Waals surface area (Å²) in [4.78, 5) is 17.8. The number of amides is 1. The SMILES string of the molecule is Cc1cc(C)n(-c2ccc(NC(=O)c3cc(C4CC4)nc4c3cnn4C)cc2)n1. The molecule has 1 aliphatic rings. The second-order valence-corrected chi connectivity index (χ2v) is 7.71. The molecular formula is C22H22N6O.